The molecule has 94 valence electrons. The highest BCUT2D eigenvalue weighted by atomic mass is 32.2. The summed E-state index contributed by atoms with van der Waals surface area (Å²) in [7, 11) is 0. The monoisotopic (exact) mass is 262 g/mol. The number of unbranched alkanes of at least 4 members (excludes halogenated alkanes) is 3. The number of rotatable bonds is 9. The van der Waals surface area contributed by atoms with E-state index in [1.807, 2.05) is 13.8 Å². The highest BCUT2D eigenvalue weighted by molar-refractivity contribution is 8.13. The summed E-state index contributed by atoms with van der Waals surface area (Å²) in [4.78, 5) is 22.3. The maximum atomic E-state index is 11.2. The van der Waals surface area contributed by atoms with Crippen LogP contribution < -0.4 is 0 Å². The van der Waals surface area contributed by atoms with Gasteiger partial charge in [-0.2, -0.15) is 0 Å². The van der Waals surface area contributed by atoms with E-state index in [2.05, 4.69) is 0 Å². The zero-order valence-corrected chi connectivity index (χ0v) is 11.9. The first-order chi connectivity index (χ1) is 7.70. The van der Waals surface area contributed by atoms with Gasteiger partial charge in [0.05, 0.1) is 0 Å². The molecule has 0 atom stereocenters. The van der Waals surface area contributed by atoms with Crippen molar-refractivity contribution in [3.05, 3.63) is 0 Å². The molecular formula is C12H22O2S2. The van der Waals surface area contributed by atoms with Crippen molar-refractivity contribution in [1.29, 1.82) is 0 Å². The Hall–Kier alpha value is 0.0400. The van der Waals surface area contributed by atoms with E-state index in [4.69, 9.17) is 0 Å². The minimum absolute atomic E-state index is 0.306. The van der Waals surface area contributed by atoms with Crippen molar-refractivity contribution in [3.63, 3.8) is 0 Å². The molecule has 0 aromatic heterocycles. The molecule has 0 rings (SSSR count). The number of carbonyl (C=O) groups is 2. The lowest BCUT2D eigenvalue weighted by Gasteiger charge is -2.00. The van der Waals surface area contributed by atoms with Gasteiger partial charge in [-0.25, -0.2) is 0 Å². The van der Waals surface area contributed by atoms with Crippen LogP contribution in [0.2, 0.25) is 0 Å². The Labute approximate surface area is 107 Å². The predicted molar refractivity (Wildman–Crippen MR) is 74.0 cm³/mol. The SMILES string of the molecule is CCSC(=O)CCCCCCC(=O)SCC. The van der Waals surface area contributed by atoms with Crippen molar-refractivity contribution in [3.8, 4) is 0 Å². The summed E-state index contributed by atoms with van der Waals surface area (Å²) in [6.07, 6.45) is 5.47. The molecule has 2 nitrogen and oxygen atoms in total. The average Bonchev–Trinajstić information content (AvgIpc) is 2.24. The van der Waals surface area contributed by atoms with Gasteiger partial charge in [0.15, 0.2) is 10.2 Å². The molecule has 0 amide bonds. The summed E-state index contributed by atoms with van der Waals surface area (Å²) in [6.45, 7) is 4.00. The van der Waals surface area contributed by atoms with Crippen molar-refractivity contribution in [1.82, 2.24) is 0 Å². The fraction of sp³-hybridized carbons (Fsp3) is 0.833. The second-order valence-corrected chi connectivity index (χ2v) is 6.17. The topological polar surface area (TPSA) is 34.1 Å². The lowest BCUT2D eigenvalue weighted by molar-refractivity contribution is -0.112. The van der Waals surface area contributed by atoms with Crippen LogP contribution in [0, 0.1) is 0 Å². The van der Waals surface area contributed by atoms with Crippen molar-refractivity contribution in [2.45, 2.75) is 52.4 Å². The maximum absolute atomic E-state index is 11.2. The van der Waals surface area contributed by atoms with Gasteiger partial charge in [-0.15, -0.1) is 0 Å². The van der Waals surface area contributed by atoms with Gasteiger partial charge < -0.3 is 0 Å². The second kappa shape index (κ2) is 11.5. The van der Waals surface area contributed by atoms with Crippen molar-refractivity contribution in [2.75, 3.05) is 11.5 Å². The zero-order chi connectivity index (χ0) is 12.2. The quantitative estimate of drug-likeness (QED) is 0.590. The standard InChI is InChI=1S/C12H22O2S2/c1-3-15-11(13)9-7-5-6-8-10-12(14)16-4-2/h3-10H2,1-2H3. The van der Waals surface area contributed by atoms with E-state index < -0.39 is 0 Å². The Morgan fingerprint density at radius 1 is 0.750 bits per heavy atom. The van der Waals surface area contributed by atoms with E-state index in [0.717, 1.165) is 37.2 Å². The smallest absolute Gasteiger partial charge is 0.188 e. The summed E-state index contributed by atoms with van der Waals surface area (Å²) in [5.74, 6) is 1.75. The normalized spacial score (nSPS) is 10.4. The molecule has 0 aliphatic rings. The van der Waals surface area contributed by atoms with Crippen LogP contribution in [0.1, 0.15) is 52.4 Å². The van der Waals surface area contributed by atoms with E-state index >= 15 is 0 Å². The van der Waals surface area contributed by atoms with Crippen LogP contribution >= 0.6 is 23.5 Å². The van der Waals surface area contributed by atoms with E-state index in [-0.39, 0.29) is 0 Å². The first kappa shape index (κ1) is 16.0. The third kappa shape index (κ3) is 10.6. The molecular weight excluding hydrogens is 240 g/mol. The van der Waals surface area contributed by atoms with Crippen LogP contribution in [-0.2, 0) is 9.59 Å². The molecule has 0 aliphatic carbocycles. The van der Waals surface area contributed by atoms with Crippen molar-refractivity contribution >= 4 is 33.8 Å². The first-order valence-electron chi connectivity index (χ1n) is 6.02. The van der Waals surface area contributed by atoms with Gasteiger partial charge in [-0.05, 0) is 24.3 Å². The van der Waals surface area contributed by atoms with Crippen LogP contribution in [0.15, 0.2) is 0 Å². The fourth-order valence-corrected chi connectivity index (χ4v) is 2.58. The average molecular weight is 262 g/mol. The molecule has 0 radical (unpaired) electrons. The highest BCUT2D eigenvalue weighted by Crippen LogP contribution is 2.13. The lowest BCUT2D eigenvalue weighted by Crippen LogP contribution is -1.94. The van der Waals surface area contributed by atoms with E-state index in [1.165, 1.54) is 23.5 Å². The molecule has 0 unspecified atom stereocenters. The third-order valence-electron chi connectivity index (χ3n) is 2.12. The number of thioether (sulfide) groups is 2. The Morgan fingerprint density at radius 3 is 1.44 bits per heavy atom. The second-order valence-electron chi connectivity index (χ2n) is 3.52. The minimum atomic E-state index is 0.306. The van der Waals surface area contributed by atoms with Gasteiger partial charge in [-0.3, -0.25) is 9.59 Å². The van der Waals surface area contributed by atoms with Crippen molar-refractivity contribution < 1.29 is 9.59 Å². The summed E-state index contributed by atoms with van der Waals surface area (Å²) >= 11 is 2.82. The Kier molecular flexibility index (Phi) is 11.6. The molecule has 0 N–H and O–H groups in total. The van der Waals surface area contributed by atoms with Gasteiger partial charge >= 0.3 is 0 Å². The summed E-state index contributed by atoms with van der Waals surface area (Å²) in [6, 6.07) is 0. The molecule has 0 saturated heterocycles. The van der Waals surface area contributed by atoms with E-state index in [9.17, 15) is 9.59 Å². The Balaban J connectivity index is 3.21. The number of hydrogen-bond donors (Lipinski definition) is 0. The minimum Gasteiger partial charge on any atom is -0.287 e. The summed E-state index contributed by atoms with van der Waals surface area (Å²) in [5.41, 5.74) is 0. The summed E-state index contributed by atoms with van der Waals surface area (Å²) < 4.78 is 0. The van der Waals surface area contributed by atoms with Gasteiger partial charge in [0.1, 0.15) is 0 Å². The molecule has 0 fully saturated rings. The third-order valence-corrected chi connectivity index (χ3v) is 3.75. The zero-order valence-electron chi connectivity index (χ0n) is 10.3. The predicted octanol–water partition coefficient (Wildman–Crippen LogP) is 3.89. The van der Waals surface area contributed by atoms with Crippen LogP contribution in [0.5, 0.6) is 0 Å². The molecule has 4 heteroatoms. The van der Waals surface area contributed by atoms with Crippen LogP contribution in [-0.4, -0.2) is 21.7 Å². The van der Waals surface area contributed by atoms with Gasteiger partial charge in [0.2, 0.25) is 0 Å². The van der Waals surface area contributed by atoms with Crippen LogP contribution in [0.4, 0.5) is 0 Å². The largest absolute Gasteiger partial charge is 0.287 e. The van der Waals surface area contributed by atoms with E-state index in [1.54, 1.807) is 0 Å². The fourth-order valence-electron chi connectivity index (χ4n) is 1.36. The molecule has 0 aromatic carbocycles. The number of carbonyl (C=O) groups excluding carboxylic acids is 2. The highest BCUT2D eigenvalue weighted by Gasteiger charge is 2.02. The van der Waals surface area contributed by atoms with Crippen LogP contribution in [0.3, 0.4) is 0 Å². The molecule has 0 bridgehead atoms. The van der Waals surface area contributed by atoms with Gasteiger partial charge in [0.25, 0.3) is 0 Å². The molecule has 0 saturated carbocycles. The Morgan fingerprint density at radius 2 is 1.12 bits per heavy atom. The maximum Gasteiger partial charge on any atom is 0.188 e. The molecule has 0 aromatic rings. The van der Waals surface area contributed by atoms with Crippen LogP contribution in [0.25, 0.3) is 0 Å². The molecule has 0 spiro atoms. The molecule has 0 aliphatic heterocycles. The molecule has 0 heterocycles. The first-order valence-corrected chi connectivity index (χ1v) is 7.99. The van der Waals surface area contributed by atoms with Crippen molar-refractivity contribution in [2.24, 2.45) is 0 Å². The van der Waals surface area contributed by atoms with Gasteiger partial charge in [-0.1, -0.05) is 50.2 Å². The van der Waals surface area contributed by atoms with E-state index in [0.29, 0.717) is 23.1 Å². The number of hydrogen-bond acceptors (Lipinski definition) is 4. The molecule has 16 heavy (non-hydrogen) atoms. The summed E-state index contributed by atoms with van der Waals surface area (Å²) in [5, 5.41) is 0.611. The Bertz CT molecular complexity index is 183. The lowest BCUT2D eigenvalue weighted by atomic mass is 10.1. The van der Waals surface area contributed by atoms with Gasteiger partial charge in [0, 0.05) is 12.8 Å².